The Morgan fingerprint density at radius 2 is 1.70 bits per heavy atom. The minimum Gasteiger partial charge on any atom is -0.236 e. The van der Waals surface area contributed by atoms with Gasteiger partial charge in [-0.2, -0.15) is 0 Å². The maximum Gasteiger partial charge on any atom is 0.159 e. The highest BCUT2D eigenvalue weighted by Gasteiger charge is 2.21. The molecule has 0 N–H and O–H groups in total. The highest BCUT2D eigenvalue weighted by Crippen LogP contribution is 2.36. The number of rotatable bonds is 4. The third-order valence-corrected chi connectivity index (χ3v) is 4.91. The lowest BCUT2D eigenvalue weighted by Crippen LogP contribution is -2.12. The average Bonchev–Trinajstić information content (AvgIpc) is 2.61. The van der Waals surface area contributed by atoms with E-state index < -0.39 is 0 Å². The molecule has 0 amide bonds. The van der Waals surface area contributed by atoms with Gasteiger partial charge in [0.2, 0.25) is 0 Å². The van der Waals surface area contributed by atoms with Crippen LogP contribution in [-0.4, -0.2) is 9.97 Å². The Hall–Kier alpha value is -1.67. The lowest BCUT2D eigenvalue weighted by molar-refractivity contribution is 0.374. The van der Waals surface area contributed by atoms with E-state index in [2.05, 4.69) is 29.0 Å². The number of halogens is 1. The standard InChI is InChI=1S/C20H23ClN2/c1-2-3-4-15-5-7-16(8-6-15)18-13-22-20(23-14-18)17-9-11-19(21)12-10-17/h3-4,9-16H,2,5-8H2,1H3/t15-,16-. The molecule has 0 unspecified atom stereocenters. The van der Waals surface area contributed by atoms with Crippen molar-refractivity contribution in [1.82, 2.24) is 9.97 Å². The Morgan fingerprint density at radius 3 is 2.30 bits per heavy atom. The molecule has 0 bridgehead atoms. The van der Waals surface area contributed by atoms with Crippen molar-refractivity contribution in [3.63, 3.8) is 0 Å². The van der Waals surface area contributed by atoms with Crippen molar-refractivity contribution in [3.8, 4) is 11.4 Å². The van der Waals surface area contributed by atoms with E-state index in [4.69, 9.17) is 11.6 Å². The summed E-state index contributed by atoms with van der Waals surface area (Å²) < 4.78 is 0. The minimum atomic E-state index is 0.612. The summed E-state index contributed by atoms with van der Waals surface area (Å²) in [5.41, 5.74) is 2.29. The van der Waals surface area contributed by atoms with Crippen LogP contribution in [0.25, 0.3) is 11.4 Å². The summed E-state index contributed by atoms with van der Waals surface area (Å²) in [6.07, 6.45) is 14.9. The number of aromatic nitrogens is 2. The van der Waals surface area contributed by atoms with E-state index in [-0.39, 0.29) is 0 Å². The van der Waals surface area contributed by atoms with Crippen LogP contribution >= 0.6 is 11.6 Å². The van der Waals surface area contributed by atoms with Gasteiger partial charge >= 0.3 is 0 Å². The molecule has 23 heavy (non-hydrogen) atoms. The molecule has 120 valence electrons. The van der Waals surface area contributed by atoms with Crippen LogP contribution in [0.5, 0.6) is 0 Å². The SMILES string of the molecule is CCC=C[C@H]1CC[C@H](c2cnc(-c3ccc(Cl)cc3)nc2)CC1. The highest BCUT2D eigenvalue weighted by atomic mass is 35.5. The van der Waals surface area contributed by atoms with Gasteiger partial charge in [-0.3, -0.25) is 0 Å². The largest absolute Gasteiger partial charge is 0.236 e. The third-order valence-electron chi connectivity index (χ3n) is 4.66. The van der Waals surface area contributed by atoms with Crippen LogP contribution in [0.15, 0.2) is 48.8 Å². The molecule has 1 saturated carbocycles. The van der Waals surface area contributed by atoms with Gasteiger partial charge in [-0.05, 0) is 73.8 Å². The topological polar surface area (TPSA) is 25.8 Å². The number of hydrogen-bond acceptors (Lipinski definition) is 2. The van der Waals surface area contributed by atoms with E-state index in [1.54, 1.807) is 0 Å². The van der Waals surface area contributed by atoms with Gasteiger partial charge in [0.15, 0.2) is 5.82 Å². The first kappa shape index (κ1) is 16.2. The van der Waals surface area contributed by atoms with Gasteiger partial charge in [-0.1, -0.05) is 30.7 Å². The molecule has 0 radical (unpaired) electrons. The molecule has 1 aromatic heterocycles. The number of hydrogen-bond donors (Lipinski definition) is 0. The summed E-state index contributed by atoms with van der Waals surface area (Å²) in [5.74, 6) is 2.14. The summed E-state index contributed by atoms with van der Waals surface area (Å²) >= 11 is 5.92. The van der Waals surface area contributed by atoms with Crippen LogP contribution in [0.2, 0.25) is 5.02 Å². The maximum atomic E-state index is 5.92. The van der Waals surface area contributed by atoms with E-state index >= 15 is 0 Å². The van der Waals surface area contributed by atoms with Crippen LogP contribution < -0.4 is 0 Å². The normalized spacial score (nSPS) is 21.7. The van der Waals surface area contributed by atoms with Crippen molar-refractivity contribution in [1.29, 1.82) is 0 Å². The Kier molecular flexibility index (Phi) is 5.45. The predicted molar refractivity (Wildman–Crippen MR) is 96.6 cm³/mol. The summed E-state index contributed by atoms with van der Waals surface area (Å²) in [6.45, 7) is 2.20. The van der Waals surface area contributed by atoms with E-state index in [0.29, 0.717) is 5.92 Å². The van der Waals surface area contributed by atoms with Gasteiger partial charge in [-0.25, -0.2) is 9.97 Å². The predicted octanol–water partition coefficient (Wildman–Crippen LogP) is 6.04. The second-order valence-electron chi connectivity index (χ2n) is 6.30. The second-order valence-corrected chi connectivity index (χ2v) is 6.73. The molecule has 3 heteroatoms. The molecule has 0 aliphatic heterocycles. The zero-order valence-electron chi connectivity index (χ0n) is 13.6. The second kappa shape index (κ2) is 7.74. The lowest BCUT2D eigenvalue weighted by atomic mass is 9.79. The fourth-order valence-electron chi connectivity index (χ4n) is 3.27. The molecule has 1 fully saturated rings. The van der Waals surface area contributed by atoms with Crippen molar-refractivity contribution >= 4 is 11.6 Å². The fraction of sp³-hybridized carbons (Fsp3) is 0.400. The Labute approximate surface area is 143 Å². The van der Waals surface area contributed by atoms with Crippen molar-refractivity contribution in [2.24, 2.45) is 5.92 Å². The monoisotopic (exact) mass is 326 g/mol. The van der Waals surface area contributed by atoms with Gasteiger partial charge in [-0.15, -0.1) is 0 Å². The van der Waals surface area contributed by atoms with Gasteiger partial charge < -0.3 is 0 Å². The van der Waals surface area contributed by atoms with Crippen LogP contribution in [0, 0.1) is 5.92 Å². The molecule has 1 aliphatic carbocycles. The molecule has 2 nitrogen and oxygen atoms in total. The third kappa shape index (κ3) is 4.20. The summed E-state index contributed by atoms with van der Waals surface area (Å²) in [4.78, 5) is 9.11. The van der Waals surface area contributed by atoms with Crippen molar-refractivity contribution in [2.45, 2.75) is 44.9 Å². The van der Waals surface area contributed by atoms with Crippen LogP contribution in [0.1, 0.15) is 50.5 Å². The number of benzene rings is 1. The van der Waals surface area contributed by atoms with Gasteiger partial charge in [0, 0.05) is 23.0 Å². The number of allylic oxidation sites excluding steroid dienone is 2. The molecule has 0 spiro atoms. The molecule has 0 atom stereocenters. The van der Waals surface area contributed by atoms with Crippen molar-refractivity contribution < 1.29 is 0 Å². The van der Waals surface area contributed by atoms with E-state index in [9.17, 15) is 0 Å². The quantitative estimate of drug-likeness (QED) is 0.640. The zero-order valence-corrected chi connectivity index (χ0v) is 14.3. The van der Waals surface area contributed by atoms with Gasteiger partial charge in [0.05, 0.1) is 0 Å². The molecule has 1 aromatic carbocycles. The first-order chi connectivity index (χ1) is 11.3. The Morgan fingerprint density at radius 1 is 1.04 bits per heavy atom. The minimum absolute atomic E-state index is 0.612. The molecular weight excluding hydrogens is 304 g/mol. The lowest BCUT2D eigenvalue weighted by Gasteiger charge is -2.26. The molecule has 3 rings (SSSR count). The van der Waals surface area contributed by atoms with Crippen molar-refractivity contribution in [2.75, 3.05) is 0 Å². The van der Waals surface area contributed by atoms with E-state index in [1.807, 2.05) is 36.7 Å². The van der Waals surface area contributed by atoms with Crippen LogP contribution in [-0.2, 0) is 0 Å². The van der Waals surface area contributed by atoms with Gasteiger partial charge in [0.25, 0.3) is 0 Å². The first-order valence-corrected chi connectivity index (χ1v) is 8.88. The fourth-order valence-corrected chi connectivity index (χ4v) is 3.40. The number of nitrogens with zero attached hydrogens (tertiary/aromatic N) is 2. The van der Waals surface area contributed by atoms with Gasteiger partial charge in [0.1, 0.15) is 0 Å². The smallest absolute Gasteiger partial charge is 0.159 e. The molecular formula is C20H23ClN2. The molecule has 1 heterocycles. The van der Waals surface area contributed by atoms with E-state index in [1.165, 1.54) is 31.2 Å². The molecule has 0 saturated heterocycles. The van der Waals surface area contributed by atoms with Crippen LogP contribution in [0.4, 0.5) is 0 Å². The Balaban J connectivity index is 1.64. The molecule has 2 aromatic rings. The van der Waals surface area contributed by atoms with E-state index in [0.717, 1.165) is 28.7 Å². The summed E-state index contributed by atoms with van der Waals surface area (Å²) in [7, 11) is 0. The average molecular weight is 327 g/mol. The van der Waals surface area contributed by atoms with Crippen LogP contribution in [0.3, 0.4) is 0 Å². The molecule has 1 aliphatic rings. The summed E-state index contributed by atoms with van der Waals surface area (Å²) in [5, 5.41) is 0.735. The summed E-state index contributed by atoms with van der Waals surface area (Å²) in [6, 6.07) is 7.67. The zero-order chi connectivity index (χ0) is 16.1. The maximum absolute atomic E-state index is 5.92. The first-order valence-electron chi connectivity index (χ1n) is 8.51. The van der Waals surface area contributed by atoms with Crippen molar-refractivity contribution in [3.05, 3.63) is 59.4 Å². The highest BCUT2D eigenvalue weighted by molar-refractivity contribution is 6.30. The Bertz CT molecular complexity index is 638.